The molecule has 0 unspecified atom stereocenters. The van der Waals surface area contributed by atoms with Crippen molar-refractivity contribution in [1.29, 1.82) is 0 Å². The van der Waals surface area contributed by atoms with E-state index >= 15 is 0 Å². The van der Waals surface area contributed by atoms with Crippen LogP contribution >= 0.6 is 11.6 Å². The third-order valence-electron chi connectivity index (χ3n) is 2.13. The van der Waals surface area contributed by atoms with E-state index < -0.39 is 0 Å². The lowest BCUT2D eigenvalue weighted by Crippen LogP contribution is -1.94. The Morgan fingerprint density at radius 1 is 1.06 bits per heavy atom. The SMILES string of the molecule is Oc1ccc(OCc2cccc(Cl)c2)cc1. The summed E-state index contributed by atoms with van der Waals surface area (Å²) >= 11 is 5.86. The van der Waals surface area contributed by atoms with Crippen molar-refractivity contribution >= 4 is 11.6 Å². The summed E-state index contributed by atoms with van der Waals surface area (Å²) in [5.74, 6) is 0.952. The zero-order valence-electron chi connectivity index (χ0n) is 8.56. The third-order valence-corrected chi connectivity index (χ3v) is 2.37. The first-order chi connectivity index (χ1) is 7.74. The van der Waals surface area contributed by atoms with E-state index in [4.69, 9.17) is 21.4 Å². The Labute approximate surface area is 99.1 Å². The molecule has 0 spiro atoms. The molecule has 0 saturated carbocycles. The van der Waals surface area contributed by atoms with Gasteiger partial charge in [0.15, 0.2) is 0 Å². The van der Waals surface area contributed by atoms with Crippen LogP contribution in [0.3, 0.4) is 0 Å². The molecule has 1 N–H and O–H groups in total. The predicted molar refractivity (Wildman–Crippen MR) is 63.9 cm³/mol. The largest absolute Gasteiger partial charge is 0.508 e. The summed E-state index contributed by atoms with van der Waals surface area (Å²) in [5.41, 5.74) is 1.01. The van der Waals surface area contributed by atoms with Gasteiger partial charge in [-0.05, 0) is 42.0 Å². The Kier molecular flexibility index (Phi) is 3.32. The summed E-state index contributed by atoms with van der Waals surface area (Å²) in [6, 6.07) is 14.2. The molecule has 2 nitrogen and oxygen atoms in total. The van der Waals surface area contributed by atoms with Gasteiger partial charge in [0.2, 0.25) is 0 Å². The van der Waals surface area contributed by atoms with Crippen LogP contribution in [-0.4, -0.2) is 5.11 Å². The number of hydrogen-bond acceptors (Lipinski definition) is 2. The van der Waals surface area contributed by atoms with Gasteiger partial charge in [-0.15, -0.1) is 0 Å². The highest BCUT2D eigenvalue weighted by Gasteiger charge is 1.97. The molecule has 0 amide bonds. The second kappa shape index (κ2) is 4.90. The Hall–Kier alpha value is -1.67. The molecule has 82 valence electrons. The van der Waals surface area contributed by atoms with E-state index in [-0.39, 0.29) is 5.75 Å². The number of hydrogen-bond donors (Lipinski definition) is 1. The number of halogens is 1. The minimum Gasteiger partial charge on any atom is -0.508 e. The molecule has 2 aromatic rings. The average Bonchev–Trinajstić information content (AvgIpc) is 2.28. The second-order valence-electron chi connectivity index (χ2n) is 3.41. The highest BCUT2D eigenvalue weighted by molar-refractivity contribution is 6.30. The number of ether oxygens (including phenoxy) is 1. The molecule has 0 fully saturated rings. The molecule has 2 aromatic carbocycles. The monoisotopic (exact) mass is 234 g/mol. The van der Waals surface area contributed by atoms with Crippen molar-refractivity contribution in [2.75, 3.05) is 0 Å². The van der Waals surface area contributed by atoms with Crippen molar-refractivity contribution in [2.45, 2.75) is 6.61 Å². The minimum atomic E-state index is 0.232. The molecule has 3 heteroatoms. The third kappa shape index (κ3) is 2.91. The van der Waals surface area contributed by atoms with Crippen LogP contribution in [0.1, 0.15) is 5.56 Å². The molecular weight excluding hydrogens is 224 g/mol. The predicted octanol–water partition coefficient (Wildman–Crippen LogP) is 3.62. The first-order valence-electron chi connectivity index (χ1n) is 4.90. The number of aromatic hydroxyl groups is 1. The molecule has 0 heterocycles. The fourth-order valence-corrected chi connectivity index (χ4v) is 1.55. The standard InChI is InChI=1S/C13H11ClO2/c14-11-3-1-2-10(8-11)9-16-13-6-4-12(15)5-7-13/h1-8,15H,9H2. The van der Waals surface area contributed by atoms with Gasteiger partial charge in [0, 0.05) is 5.02 Å². The van der Waals surface area contributed by atoms with E-state index in [0.29, 0.717) is 11.6 Å². The van der Waals surface area contributed by atoms with E-state index in [0.717, 1.165) is 11.3 Å². The number of benzene rings is 2. The molecule has 0 bridgehead atoms. The first-order valence-corrected chi connectivity index (χ1v) is 5.28. The van der Waals surface area contributed by atoms with Crippen LogP contribution in [-0.2, 0) is 6.61 Å². The van der Waals surface area contributed by atoms with E-state index in [2.05, 4.69) is 0 Å². The summed E-state index contributed by atoms with van der Waals surface area (Å²) in [6.45, 7) is 0.464. The maximum absolute atomic E-state index is 9.11. The van der Waals surface area contributed by atoms with Gasteiger partial charge in [0.1, 0.15) is 18.1 Å². The van der Waals surface area contributed by atoms with Crippen molar-refractivity contribution < 1.29 is 9.84 Å². The quantitative estimate of drug-likeness (QED) is 0.879. The number of phenols is 1. The van der Waals surface area contributed by atoms with E-state index in [1.165, 1.54) is 0 Å². The van der Waals surface area contributed by atoms with Crippen molar-refractivity contribution in [1.82, 2.24) is 0 Å². The summed E-state index contributed by atoms with van der Waals surface area (Å²) in [5, 5.41) is 9.81. The highest BCUT2D eigenvalue weighted by Crippen LogP contribution is 2.18. The minimum absolute atomic E-state index is 0.232. The van der Waals surface area contributed by atoms with Crippen molar-refractivity contribution in [3.63, 3.8) is 0 Å². The van der Waals surface area contributed by atoms with Crippen LogP contribution < -0.4 is 4.74 Å². The summed E-state index contributed by atoms with van der Waals surface area (Å²) < 4.78 is 5.53. The maximum Gasteiger partial charge on any atom is 0.120 e. The van der Waals surface area contributed by atoms with Crippen LogP contribution in [0.15, 0.2) is 48.5 Å². The molecule has 0 atom stereocenters. The average molecular weight is 235 g/mol. The van der Waals surface area contributed by atoms with Crippen LogP contribution in [0.4, 0.5) is 0 Å². The Balaban J connectivity index is 1.99. The summed E-state index contributed by atoms with van der Waals surface area (Å²) in [6.07, 6.45) is 0. The van der Waals surface area contributed by atoms with Gasteiger partial charge >= 0.3 is 0 Å². The molecular formula is C13H11ClO2. The van der Waals surface area contributed by atoms with E-state index in [1.807, 2.05) is 24.3 Å². The van der Waals surface area contributed by atoms with Gasteiger partial charge in [-0.25, -0.2) is 0 Å². The molecule has 16 heavy (non-hydrogen) atoms. The van der Waals surface area contributed by atoms with Crippen LogP contribution in [0.5, 0.6) is 11.5 Å². The van der Waals surface area contributed by atoms with Crippen LogP contribution in [0.25, 0.3) is 0 Å². The molecule has 0 aliphatic heterocycles. The normalized spacial score (nSPS) is 10.1. The van der Waals surface area contributed by atoms with Crippen molar-refractivity contribution in [2.24, 2.45) is 0 Å². The van der Waals surface area contributed by atoms with Crippen LogP contribution in [0, 0.1) is 0 Å². The lowest BCUT2D eigenvalue weighted by atomic mass is 10.2. The molecule has 2 rings (SSSR count). The van der Waals surface area contributed by atoms with Crippen molar-refractivity contribution in [3.05, 3.63) is 59.1 Å². The Bertz CT molecular complexity index is 466. The topological polar surface area (TPSA) is 29.5 Å². The van der Waals surface area contributed by atoms with E-state index in [1.54, 1.807) is 24.3 Å². The molecule has 0 saturated heterocycles. The Morgan fingerprint density at radius 2 is 1.81 bits per heavy atom. The van der Waals surface area contributed by atoms with Gasteiger partial charge in [0.25, 0.3) is 0 Å². The fraction of sp³-hybridized carbons (Fsp3) is 0.0769. The number of phenolic OH excluding ortho intramolecular Hbond substituents is 1. The van der Waals surface area contributed by atoms with Crippen molar-refractivity contribution in [3.8, 4) is 11.5 Å². The van der Waals surface area contributed by atoms with E-state index in [9.17, 15) is 0 Å². The highest BCUT2D eigenvalue weighted by atomic mass is 35.5. The van der Waals surface area contributed by atoms with Gasteiger partial charge < -0.3 is 9.84 Å². The molecule has 0 aliphatic carbocycles. The smallest absolute Gasteiger partial charge is 0.120 e. The summed E-state index contributed by atoms with van der Waals surface area (Å²) in [7, 11) is 0. The van der Waals surface area contributed by atoms with Gasteiger partial charge in [0.05, 0.1) is 0 Å². The zero-order valence-corrected chi connectivity index (χ0v) is 9.32. The van der Waals surface area contributed by atoms with Gasteiger partial charge in [-0.3, -0.25) is 0 Å². The second-order valence-corrected chi connectivity index (χ2v) is 3.85. The number of rotatable bonds is 3. The first kappa shape index (κ1) is 10.8. The maximum atomic E-state index is 9.11. The van der Waals surface area contributed by atoms with Gasteiger partial charge in [-0.2, -0.15) is 0 Å². The molecule has 0 aliphatic rings. The lowest BCUT2D eigenvalue weighted by molar-refractivity contribution is 0.305. The van der Waals surface area contributed by atoms with Crippen LogP contribution in [0.2, 0.25) is 5.02 Å². The lowest BCUT2D eigenvalue weighted by Gasteiger charge is -2.06. The Morgan fingerprint density at radius 3 is 2.50 bits per heavy atom. The molecule has 0 aromatic heterocycles. The van der Waals surface area contributed by atoms with Gasteiger partial charge in [-0.1, -0.05) is 23.7 Å². The summed E-state index contributed by atoms with van der Waals surface area (Å²) in [4.78, 5) is 0. The fourth-order valence-electron chi connectivity index (χ4n) is 1.34. The zero-order chi connectivity index (χ0) is 11.4. The molecule has 0 radical (unpaired) electrons.